The summed E-state index contributed by atoms with van der Waals surface area (Å²) < 4.78 is 12.4. The van der Waals surface area contributed by atoms with E-state index in [9.17, 15) is 9.59 Å². The average Bonchev–Trinajstić information content (AvgIpc) is 2.80. The standard InChI is InChI=1S/C22H25N5O4/c1-30-20-12-23-13-21(26-20)31-16-8-6-15(7-9-16)25-19(28)10-11-27-14-24-18-5-3-2-4-17(18)22(27)29/h2-5,12-16H,6-11H2,1H3,(H,25,28). The van der Waals surface area contributed by atoms with Crippen LogP contribution < -0.4 is 20.3 Å². The SMILES string of the molecule is COc1cncc(OC2CCC(NC(=O)CCn3cnc4ccccc4c3=O)CC2)n1. The maximum absolute atomic E-state index is 12.5. The van der Waals surface area contributed by atoms with Crippen LogP contribution in [0.4, 0.5) is 0 Å². The summed E-state index contributed by atoms with van der Waals surface area (Å²) in [6.45, 7) is 0.301. The van der Waals surface area contributed by atoms with E-state index >= 15 is 0 Å². The van der Waals surface area contributed by atoms with Gasteiger partial charge in [-0.05, 0) is 37.8 Å². The molecule has 3 aromatic rings. The van der Waals surface area contributed by atoms with Crippen LogP contribution in [-0.2, 0) is 11.3 Å². The van der Waals surface area contributed by atoms with Gasteiger partial charge >= 0.3 is 0 Å². The molecule has 1 amide bonds. The number of benzene rings is 1. The Balaban J connectivity index is 1.24. The predicted molar refractivity (Wildman–Crippen MR) is 114 cm³/mol. The van der Waals surface area contributed by atoms with Crippen molar-refractivity contribution in [3.05, 3.63) is 53.3 Å². The molecule has 0 spiro atoms. The smallest absolute Gasteiger partial charge is 0.261 e. The highest BCUT2D eigenvalue weighted by molar-refractivity contribution is 5.77. The van der Waals surface area contributed by atoms with E-state index in [1.165, 1.54) is 24.2 Å². The van der Waals surface area contributed by atoms with Crippen molar-refractivity contribution in [2.45, 2.75) is 50.8 Å². The lowest BCUT2D eigenvalue weighted by Gasteiger charge is -2.29. The Bertz CT molecular complexity index is 1110. The van der Waals surface area contributed by atoms with Gasteiger partial charge in [0.15, 0.2) is 0 Å². The van der Waals surface area contributed by atoms with Gasteiger partial charge in [0.05, 0.1) is 36.7 Å². The first-order chi connectivity index (χ1) is 15.1. The van der Waals surface area contributed by atoms with Gasteiger partial charge in [0, 0.05) is 19.0 Å². The number of nitrogens with zero attached hydrogens (tertiary/aromatic N) is 4. The lowest BCUT2D eigenvalue weighted by Crippen LogP contribution is -2.40. The van der Waals surface area contributed by atoms with Gasteiger partial charge in [-0.1, -0.05) is 12.1 Å². The number of ether oxygens (including phenoxy) is 2. The Hall–Kier alpha value is -3.49. The number of aryl methyl sites for hydroxylation is 1. The number of para-hydroxylation sites is 1. The molecule has 0 unspecified atom stereocenters. The van der Waals surface area contributed by atoms with E-state index in [2.05, 4.69) is 20.3 Å². The summed E-state index contributed by atoms with van der Waals surface area (Å²) >= 11 is 0. The van der Waals surface area contributed by atoms with Crippen LogP contribution in [0.25, 0.3) is 10.9 Å². The van der Waals surface area contributed by atoms with Crippen LogP contribution in [0.5, 0.6) is 11.8 Å². The zero-order chi connectivity index (χ0) is 21.6. The van der Waals surface area contributed by atoms with E-state index in [1.54, 1.807) is 18.3 Å². The van der Waals surface area contributed by atoms with Crippen LogP contribution in [0.1, 0.15) is 32.1 Å². The molecule has 1 fully saturated rings. The summed E-state index contributed by atoms with van der Waals surface area (Å²) in [6, 6.07) is 7.31. The molecule has 2 aromatic heterocycles. The molecule has 162 valence electrons. The highest BCUT2D eigenvalue weighted by Crippen LogP contribution is 2.23. The molecular formula is C22H25N5O4. The second kappa shape index (κ2) is 9.55. The zero-order valence-electron chi connectivity index (χ0n) is 17.4. The first kappa shape index (κ1) is 20.8. The third kappa shape index (κ3) is 5.17. The molecular weight excluding hydrogens is 398 g/mol. The quantitative estimate of drug-likeness (QED) is 0.620. The molecule has 9 nitrogen and oxygen atoms in total. The molecule has 2 heterocycles. The number of nitrogens with one attached hydrogen (secondary N) is 1. The Morgan fingerprint density at radius 3 is 2.74 bits per heavy atom. The van der Waals surface area contributed by atoms with Crippen molar-refractivity contribution in [3.8, 4) is 11.8 Å². The minimum Gasteiger partial charge on any atom is -0.480 e. The van der Waals surface area contributed by atoms with Gasteiger partial charge in [-0.25, -0.2) is 4.98 Å². The Labute approximate surface area is 179 Å². The number of aromatic nitrogens is 4. The predicted octanol–water partition coefficient (Wildman–Crippen LogP) is 2.09. The van der Waals surface area contributed by atoms with Crippen molar-refractivity contribution >= 4 is 16.8 Å². The van der Waals surface area contributed by atoms with Crippen LogP contribution in [0.2, 0.25) is 0 Å². The van der Waals surface area contributed by atoms with E-state index in [-0.39, 0.29) is 30.0 Å². The number of hydrogen-bond donors (Lipinski definition) is 1. The van der Waals surface area contributed by atoms with Crippen molar-refractivity contribution in [2.24, 2.45) is 0 Å². The van der Waals surface area contributed by atoms with Crippen molar-refractivity contribution < 1.29 is 14.3 Å². The summed E-state index contributed by atoms with van der Waals surface area (Å²) in [5, 5.41) is 3.63. The molecule has 0 radical (unpaired) electrons. The Morgan fingerprint density at radius 2 is 1.94 bits per heavy atom. The van der Waals surface area contributed by atoms with E-state index in [0.717, 1.165) is 25.7 Å². The second-order valence-corrected chi connectivity index (χ2v) is 7.57. The third-order valence-electron chi connectivity index (χ3n) is 5.44. The van der Waals surface area contributed by atoms with Gasteiger partial charge in [0.25, 0.3) is 5.56 Å². The lowest BCUT2D eigenvalue weighted by molar-refractivity contribution is -0.122. The van der Waals surface area contributed by atoms with Crippen LogP contribution in [0, 0.1) is 0 Å². The van der Waals surface area contributed by atoms with Crippen molar-refractivity contribution in [1.29, 1.82) is 0 Å². The molecule has 1 aromatic carbocycles. The number of methoxy groups -OCH3 is 1. The van der Waals surface area contributed by atoms with Crippen molar-refractivity contribution in [3.63, 3.8) is 0 Å². The third-order valence-corrected chi connectivity index (χ3v) is 5.44. The summed E-state index contributed by atoms with van der Waals surface area (Å²) in [5.41, 5.74) is 0.531. The summed E-state index contributed by atoms with van der Waals surface area (Å²) in [4.78, 5) is 37.5. The largest absolute Gasteiger partial charge is 0.480 e. The van der Waals surface area contributed by atoms with Crippen molar-refractivity contribution in [2.75, 3.05) is 7.11 Å². The molecule has 0 bridgehead atoms. The number of fused-ring (bicyclic) bond motifs is 1. The fourth-order valence-electron chi connectivity index (χ4n) is 3.77. The van der Waals surface area contributed by atoms with Crippen molar-refractivity contribution in [1.82, 2.24) is 24.8 Å². The molecule has 0 atom stereocenters. The second-order valence-electron chi connectivity index (χ2n) is 7.57. The van der Waals surface area contributed by atoms with Gasteiger partial charge in [-0.3, -0.25) is 19.1 Å². The van der Waals surface area contributed by atoms with Crippen LogP contribution >= 0.6 is 0 Å². The molecule has 4 rings (SSSR count). The van der Waals surface area contributed by atoms with Gasteiger partial charge in [0.2, 0.25) is 17.7 Å². The molecule has 1 N–H and O–H groups in total. The lowest BCUT2D eigenvalue weighted by atomic mass is 9.93. The topological polar surface area (TPSA) is 108 Å². The van der Waals surface area contributed by atoms with Gasteiger partial charge < -0.3 is 14.8 Å². The van der Waals surface area contributed by atoms with Gasteiger partial charge in [-0.2, -0.15) is 4.98 Å². The fourth-order valence-corrected chi connectivity index (χ4v) is 3.77. The number of rotatable bonds is 7. The number of amides is 1. The first-order valence-electron chi connectivity index (χ1n) is 10.4. The van der Waals surface area contributed by atoms with Gasteiger partial charge in [0.1, 0.15) is 6.10 Å². The number of hydrogen-bond acceptors (Lipinski definition) is 7. The first-order valence-corrected chi connectivity index (χ1v) is 10.4. The summed E-state index contributed by atoms with van der Waals surface area (Å²) in [7, 11) is 1.54. The monoisotopic (exact) mass is 423 g/mol. The Kier molecular flexibility index (Phi) is 6.40. The van der Waals surface area contributed by atoms with E-state index in [1.807, 2.05) is 12.1 Å². The summed E-state index contributed by atoms with van der Waals surface area (Å²) in [5.74, 6) is 0.795. The minimum atomic E-state index is -0.128. The van der Waals surface area contributed by atoms with Crippen LogP contribution in [-0.4, -0.2) is 44.7 Å². The normalized spacial score (nSPS) is 18.5. The summed E-state index contributed by atoms with van der Waals surface area (Å²) in [6.07, 6.45) is 8.16. The number of carbonyl (C=O) groups is 1. The van der Waals surface area contributed by atoms with E-state index in [4.69, 9.17) is 9.47 Å². The molecule has 31 heavy (non-hydrogen) atoms. The van der Waals surface area contributed by atoms with Crippen LogP contribution in [0.15, 0.2) is 47.8 Å². The molecule has 1 aliphatic carbocycles. The Morgan fingerprint density at radius 1 is 1.16 bits per heavy atom. The molecule has 0 saturated heterocycles. The zero-order valence-corrected chi connectivity index (χ0v) is 17.4. The molecule has 1 aliphatic rings. The van der Waals surface area contributed by atoms with E-state index < -0.39 is 0 Å². The van der Waals surface area contributed by atoms with Crippen LogP contribution in [0.3, 0.4) is 0 Å². The highest BCUT2D eigenvalue weighted by atomic mass is 16.5. The maximum Gasteiger partial charge on any atom is 0.261 e. The maximum atomic E-state index is 12.5. The molecule has 0 aliphatic heterocycles. The van der Waals surface area contributed by atoms with Gasteiger partial charge in [-0.15, -0.1) is 0 Å². The minimum absolute atomic E-state index is 0.0387. The average molecular weight is 423 g/mol. The number of carbonyl (C=O) groups excluding carboxylic acids is 1. The highest BCUT2D eigenvalue weighted by Gasteiger charge is 2.24. The van der Waals surface area contributed by atoms with E-state index in [0.29, 0.717) is 29.2 Å². The fraction of sp³-hybridized carbons (Fsp3) is 0.409. The molecule has 9 heteroatoms. The molecule has 1 saturated carbocycles.